The Morgan fingerprint density at radius 1 is 1.05 bits per heavy atom. The smallest absolute Gasteiger partial charge is 0.178 e. The summed E-state index contributed by atoms with van der Waals surface area (Å²) < 4.78 is 6.52. The van der Waals surface area contributed by atoms with Gasteiger partial charge in [0.15, 0.2) is 11.6 Å². The van der Waals surface area contributed by atoms with Crippen LogP contribution < -0.4 is 5.73 Å². The fourth-order valence-corrected chi connectivity index (χ4v) is 2.22. The molecule has 0 fully saturated rings. The lowest BCUT2D eigenvalue weighted by Gasteiger charge is -2.02. The summed E-state index contributed by atoms with van der Waals surface area (Å²) in [5.41, 5.74) is 8.33. The summed E-state index contributed by atoms with van der Waals surface area (Å²) in [4.78, 5) is 4.30. The van der Waals surface area contributed by atoms with E-state index in [4.69, 9.17) is 10.3 Å². The van der Waals surface area contributed by atoms with Crippen LogP contribution in [-0.4, -0.2) is 10.1 Å². The van der Waals surface area contributed by atoms with Crippen molar-refractivity contribution in [2.75, 3.05) is 5.73 Å². The van der Waals surface area contributed by atoms with E-state index in [1.165, 1.54) is 0 Å². The highest BCUT2D eigenvalue weighted by atomic mass is 127. The Bertz CT molecular complexity index is 692. The molecule has 3 aromatic rings. The predicted octanol–water partition coefficient (Wildman–Crippen LogP) is 3.59. The fraction of sp³-hybridized carbons (Fsp3) is 0. The van der Waals surface area contributed by atoms with E-state index in [1.807, 2.05) is 42.5 Å². The molecule has 1 aromatic carbocycles. The van der Waals surface area contributed by atoms with Gasteiger partial charge >= 0.3 is 0 Å². The van der Waals surface area contributed by atoms with E-state index in [2.05, 4.69) is 32.7 Å². The first-order chi connectivity index (χ1) is 9.25. The molecule has 0 bridgehead atoms. The maximum Gasteiger partial charge on any atom is 0.178 e. The zero-order valence-corrected chi connectivity index (χ0v) is 12.0. The van der Waals surface area contributed by atoms with Crippen molar-refractivity contribution in [3.05, 3.63) is 52.2 Å². The number of anilines is 1. The van der Waals surface area contributed by atoms with E-state index in [0.717, 1.165) is 20.4 Å². The molecule has 3 rings (SSSR count). The van der Waals surface area contributed by atoms with Gasteiger partial charge in [0.05, 0.1) is 11.3 Å². The van der Waals surface area contributed by atoms with Crippen LogP contribution in [0.3, 0.4) is 0 Å². The van der Waals surface area contributed by atoms with Crippen molar-refractivity contribution in [1.82, 2.24) is 10.1 Å². The maximum atomic E-state index is 5.89. The van der Waals surface area contributed by atoms with Crippen molar-refractivity contribution < 1.29 is 4.52 Å². The zero-order valence-electron chi connectivity index (χ0n) is 9.88. The first-order valence-corrected chi connectivity index (χ1v) is 6.76. The van der Waals surface area contributed by atoms with Gasteiger partial charge in [0.2, 0.25) is 0 Å². The van der Waals surface area contributed by atoms with E-state index < -0.39 is 0 Å². The number of nitrogens with two attached hydrogens (primary N) is 1. The Kier molecular flexibility index (Phi) is 3.20. The minimum Gasteiger partial charge on any atom is -0.380 e. The number of benzene rings is 1. The Balaban J connectivity index is 2.16. The molecule has 0 saturated carbocycles. The summed E-state index contributed by atoms with van der Waals surface area (Å²) in [6.45, 7) is 0. The highest BCUT2D eigenvalue weighted by Crippen LogP contribution is 2.35. The van der Waals surface area contributed by atoms with Gasteiger partial charge in [-0.2, -0.15) is 0 Å². The summed E-state index contributed by atoms with van der Waals surface area (Å²) in [5.74, 6) is 1.000. The largest absolute Gasteiger partial charge is 0.380 e. The van der Waals surface area contributed by atoms with Gasteiger partial charge in [-0.1, -0.05) is 23.4 Å². The lowest BCUT2D eigenvalue weighted by Crippen LogP contribution is -1.90. The van der Waals surface area contributed by atoms with Gasteiger partial charge in [0.1, 0.15) is 0 Å². The van der Waals surface area contributed by atoms with E-state index in [1.54, 1.807) is 6.20 Å². The Hall–Kier alpha value is -1.89. The highest BCUT2D eigenvalue weighted by molar-refractivity contribution is 14.1. The van der Waals surface area contributed by atoms with Gasteiger partial charge in [-0.3, -0.25) is 4.98 Å². The zero-order chi connectivity index (χ0) is 13.2. The second-order valence-electron chi connectivity index (χ2n) is 3.99. The number of pyridine rings is 1. The van der Waals surface area contributed by atoms with Crippen LogP contribution >= 0.6 is 22.6 Å². The maximum absolute atomic E-state index is 5.89. The molecule has 2 heterocycles. The number of hydrogen-bond donors (Lipinski definition) is 1. The SMILES string of the molecule is Nc1noc(-c2ccc(I)cc2)c1-c1ccccn1. The van der Waals surface area contributed by atoms with E-state index in [-0.39, 0.29) is 0 Å². The molecule has 0 atom stereocenters. The van der Waals surface area contributed by atoms with Crippen LogP contribution in [0, 0.1) is 3.57 Å². The van der Waals surface area contributed by atoms with Crippen LogP contribution in [0.2, 0.25) is 0 Å². The van der Waals surface area contributed by atoms with Crippen LogP contribution in [0.1, 0.15) is 0 Å². The Morgan fingerprint density at radius 3 is 2.53 bits per heavy atom. The van der Waals surface area contributed by atoms with Crippen molar-refractivity contribution in [3.8, 4) is 22.6 Å². The van der Waals surface area contributed by atoms with Crippen molar-refractivity contribution in [1.29, 1.82) is 0 Å². The number of rotatable bonds is 2. The van der Waals surface area contributed by atoms with Crippen LogP contribution in [-0.2, 0) is 0 Å². The molecule has 0 radical (unpaired) electrons. The number of nitrogens with zero attached hydrogens (tertiary/aromatic N) is 2. The third kappa shape index (κ3) is 2.33. The first kappa shape index (κ1) is 12.2. The number of nitrogen functional groups attached to an aromatic ring is 1. The van der Waals surface area contributed by atoms with Crippen LogP contribution in [0.25, 0.3) is 22.6 Å². The van der Waals surface area contributed by atoms with Crippen molar-refractivity contribution in [2.45, 2.75) is 0 Å². The normalized spacial score (nSPS) is 10.6. The molecular formula is C14H10IN3O. The predicted molar refractivity (Wildman–Crippen MR) is 82.3 cm³/mol. The molecule has 0 aliphatic carbocycles. The minimum atomic E-state index is 0.354. The molecule has 0 spiro atoms. The standard InChI is InChI=1S/C14H10IN3O/c15-10-6-4-9(5-7-10)13-12(14(16)18-19-13)11-3-1-2-8-17-11/h1-8H,(H2,16,18). The molecule has 2 N–H and O–H groups in total. The second-order valence-corrected chi connectivity index (χ2v) is 5.24. The molecule has 19 heavy (non-hydrogen) atoms. The van der Waals surface area contributed by atoms with Crippen LogP contribution in [0.5, 0.6) is 0 Å². The van der Waals surface area contributed by atoms with Gasteiger partial charge in [-0.25, -0.2) is 0 Å². The molecule has 0 saturated heterocycles. The average Bonchev–Trinajstić information content (AvgIpc) is 2.82. The minimum absolute atomic E-state index is 0.354. The molecule has 0 aliphatic heterocycles. The summed E-state index contributed by atoms with van der Waals surface area (Å²) in [6.07, 6.45) is 1.72. The quantitative estimate of drug-likeness (QED) is 0.707. The second kappa shape index (κ2) is 5.00. The Labute approximate surface area is 123 Å². The van der Waals surface area contributed by atoms with Gasteiger partial charge in [-0.05, 0) is 46.9 Å². The molecule has 5 heteroatoms. The van der Waals surface area contributed by atoms with Gasteiger partial charge in [-0.15, -0.1) is 0 Å². The van der Waals surface area contributed by atoms with Crippen LogP contribution in [0.15, 0.2) is 53.2 Å². The molecule has 0 amide bonds. The number of aromatic nitrogens is 2. The van der Waals surface area contributed by atoms with Crippen molar-refractivity contribution in [3.63, 3.8) is 0 Å². The summed E-state index contributed by atoms with van der Waals surface area (Å²) in [7, 11) is 0. The van der Waals surface area contributed by atoms with Crippen molar-refractivity contribution >= 4 is 28.4 Å². The molecule has 94 valence electrons. The fourth-order valence-electron chi connectivity index (χ4n) is 1.86. The number of halogens is 1. The summed E-state index contributed by atoms with van der Waals surface area (Å²) >= 11 is 2.26. The monoisotopic (exact) mass is 363 g/mol. The first-order valence-electron chi connectivity index (χ1n) is 5.68. The van der Waals surface area contributed by atoms with Crippen LogP contribution in [0.4, 0.5) is 5.82 Å². The molecule has 0 unspecified atom stereocenters. The van der Waals surface area contributed by atoms with Gasteiger partial charge < -0.3 is 10.3 Å². The van der Waals surface area contributed by atoms with Gasteiger partial charge in [0.25, 0.3) is 0 Å². The van der Waals surface area contributed by atoms with E-state index in [0.29, 0.717) is 11.6 Å². The third-order valence-electron chi connectivity index (χ3n) is 2.75. The van der Waals surface area contributed by atoms with E-state index in [9.17, 15) is 0 Å². The molecule has 2 aromatic heterocycles. The Morgan fingerprint density at radius 2 is 1.84 bits per heavy atom. The highest BCUT2D eigenvalue weighted by Gasteiger charge is 2.18. The summed E-state index contributed by atoms with van der Waals surface area (Å²) in [6, 6.07) is 13.6. The molecular weight excluding hydrogens is 353 g/mol. The summed E-state index contributed by atoms with van der Waals surface area (Å²) in [5, 5.41) is 3.85. The van der Waals surface area contributed by atoms with Gasteiger partial charge in [0, 0.05) is 15.3 Å². The lowest BCUT2D eigenvalue weighted by molar-refractivity contribution is 0.436. The third-order valence-corrected chi connectivity index (χ3v) is 3.47. The molecule has 4 nitrogen and oxygen atoms in total. The lowest BCUT2D eigenvalue weighted by atomic mass is 10.1. The topological polar surface area (TPSA) is 64.9 Å². The molecule has 0 aliphatic rings. The average molecular weight is 363 g/mol. The van der Waals surface area contributed by atoms with E-state index >= 15 is 0 Å². The van der Waals surface area contributed by atoms with Crippen molar-refractivity contribution in [2.24, 2.45) is 0 Å². The number of hydrogen-bond acceptors (Lipinski definition) is 4.